The second-order valence-electron chi connectivity index (χ2n) is 3.40. The van der Waals surface area contributed by atoms with Gasteiger partial charge in [-0.3, -0.25) is 4.79 Å². The minimum atomic E-state index is -4.79. The Kier molecular flexibility index (Phi) is 4.90. The predicted molar refractivity (Wildman–Crippen MR) is 56.5 cm³/mol. The maximum absolute atomic E-state index is 12.7. The Morgan fingerprint density at radius 1 is 1.42 bits per heavy atom. The summed E-state index contributed by atoms with van der Waals surface area (Å²) in [5, 5.41) is 0. The van der Waals surface area contributed by atoms with Gasteiger partial charge in [-0.05, 0) is 17.7 Å². The molecule has 0 amide bonds. The Hall–Kier alpha value is -1.61. The van der Waals surface area contributed by atoms with E-state index in [4.69, 9.17) is 0 Å². The molecule has 0 radical (unpaired) electrons. The molecule has 9 heteroatoms. The minimum Gasteiger partial charge on any atom is -0.740 e. The van der Waals surface area contributed by atoms with Crippen LogP contribution in [0.4, 0.5) is 13.2 Å². The fraction of sp³-hybridized carbons (Fsp3) is 0.300. The maximum Gasteiger partial charge on any atom is 0.420 e. The summed E-state index contributed by atoms with van der Waals surface area (Å²) in [4.78, 5) is 10.6. The second kappa shape index (κ2) is 6.02. The third-order valence-corrected chi connectivity index (χ3v) is 2.26. The highest BCUT2D eigenvalue weighted by atomic mass is 32.2. The third kappa shape index (κ3) is 4.87. The molecule has 0 fully saturated rings. The van der Waals surface area contributed by atoms with Crippen LogP contribution in [-0.4, -0.2) is 14.7 Å². The van der Waals surface area contributed by atoms with Crippen LogP contribution in [0.25, 0.3) is 0 Å². The van der Waals surface area contributed by atoms with Gasteiger partial charge in [0.15, 0.2) is 5.75 Å². The number of halogens is 3. The third-order valence-electron chi connectivity index (χ3n) is 1.95. The van der Waals surface area contributed by atoms with Crippen molar-refractivity contribution in [2.75, 3.05) is 0 Å². The molecular weight excluding hydrogens is 289 g/mol. The highest BCUT2D eigenvalue weighted by molar-refractivity contribution is 7.74. The van der Waals surface area contributed by atoms with Gasteiger partial charge in [0, 0.05) is 6.92 Å². The molecular formula is C10H8F3O5S-. The molecule has 0 aromatic heterocycles. The van der Waals surface area contributed by atoms with E-state index >= 15 is 0 Å². The summed E-state index contributed by atoms with van der Waals surface area (Å²) in [6, 6.07) is 2.67. The number of benzene rings is 1. The van der Waals surface area contributed by atoms with E-state index in [0.29, 0.717) is 6.07 Å². The molecule has 0 heterocycles. The van der Waals surface area contributed by atoms with Gasteiger partial charge in [0.2, 0.25) is 0 Å². The predicted octanol–water partition coefficient (Wildman–Crippen LogP) is 1.94. The van der Waals surface area contributed by atoms with Crippen molar-refractivity contribution in [2.24, 2.45) is 0 Å². The van der Waals surface area contributed by atoms with Crippen molar-refractivity contribution >= 4 is 17.3 Å². The van der Waals surface area contributed by atoms with E-state index in [1.807, 2.05) is 0 Å². The van der Waals surface area contributed by atoms with Crippen LogP contribution in [0.3, 0.4) is 0 Å². The van der Waals surface area contributed by atoms with E-state index in [-0.39, 0.29) is 12.2 Å². The summed E-state index contributed by atoms with van der Waals surface area (Å²) in [6.45, 7) is 0.766. The Morgan fingerprint density at radius 2 is 2.05 bits per heavy atom. The van der Waals surface area contributed by atoms with E-state index in [0.717, 1.165) is 13.0 Å². The zero-order valence-electron chi connectivity index (χ0n) is 9.52. The number of alkyl halides is 3. The standard InChI is InChI=1S/C10H9F3O5S/c1-6(14)17-5-7-2-3-9(18-19(15)16)8(4-7)10(11,12)13/h2-4H,5H2,1H3,(H,15,16)/p-1. The largest absolute Gasteiger partial charge is 0.740 e. The van der Waals surface area contributed by atoms with Crippen molar-refractivity contribution in [1.29, 1.82) is 0 Å². The number of carbonyl (C=O) groups excluding carboxylic acids is 1. The summed E-state index contributed by atoms with van der Waals surface area (Å²) in [5.41, 5.74) is -1.20. The van der Waals surface area contributed by atoms with Crippen molar-refractivity contribution in [1.82, 2.24) is 0 Å². The fourth-order valence-electron chi connectivity index (χ4n) is 1.22. The number of carbonyl (C=O) groups is 1. The molecule has 5 nitrogen and oxygen atoms in total. The monoisotopic (exact) mass is 297 g/mol. The van der Waals surface area contributed by atoms with Crippen molar-refractivity contribution in [2.45, 2.75) is 19.7 Å². The lowest BCUT2D eigenvalue weighted by molar-refractivity contribution is -0.142. The molecule has 1 aromatic carbocycles. The first-order valence-corrected chi connectivity index (χ1v) is 5.81. The van der Waals surface area contributed by atoms with E-state index in [1.54, 1.807) is 0 Å². The summed E-state index contributed by atoms with van der Waals surface area (Å²) in [5.74, 6) is -1.48. The summed E-state index contributed by atoms with van der Waals surface area (Å²) in [7, 11) is 0. The molecule has 1 rings (SSSR count). The van der Waals surface area contributed by atoms with Crippen molar-refractivity contribution in [3.05, 3.63) is 29.3 Å². The van der Waals surface area contributed by atoms with Crippen molar-refractivity contribution in [3.8, 4) is 5.75 Å². The molecule has 0 saturated carbocycles. The average Bonchev–Trinajstić information content (AvgIpc) is 2.25. The van der Waals surface area contributed by atoms with Gasteiger partial charge >= 0.3 is 12.1 Å². The Bertz CT molecular complexity index is 500. The number of ether oxygens (including phenoxy) is 1. The molecule has 0 saturated heterocycles. The molecule has 1 aromatic rings. The molecule has 19 heavy (non-hydrogen) atoms. The normalized spacial score (nSPS) is 12.9. The van der Waals surface area contributed by atoms with Crippen LogP contribution < -0.4 is 4.18 Å². The molecule has 0 aliphatic rings. The lowest BCUT2D eigenvalue weighted by atomic mass is 10.1. The van der Waals surface area contributed by atoms with Gasteiger partial charge in [-0.25, -0.2) is 4.21 Å². The molecule has 0 spiro atoms. The Balaban J connectivity index is 3.08. The van der Waals surface area contributed by atoms with Gasteiger partial charge in [0.1, 0.15) is 18.0 Å². The first-order valence-electron chi connectivity index (χ1n) is 4.81. The van der Waals surface area contributed by atoms with Crippen LogP contribution in [0, 0.1) is 0 Å². The zero-order valence-corrected chi connectivity index (χ0v) is 10.3. The molecule has 0 aliphatic heterocycles. The first kappa shape index (κ1) is 15.4. The number of hydrogen-bond donors (Lipinski definition) is 0. The molecule has 1 atom stereocenters. The van der Waals surface area contributed by atoms with Gasteiger partial charge in [-0.15, -0.1) is 0 Å². The number of esters is 1. The van der Waals surface area contributed by atoms with Gasteiger partial charge in [-0.1, -0.05) is 6.07 Å². The van der Waals surface area contributed by atoms with E-state index in [2.05, 4.69) is 8.92 Å². The molecule has 0 aliphatic carbocycles. The molecule has 1 unspecified atom stereocenters. The van der Waals surface area contributed by atoms with E-state index in [9.17, 15) is 26.7 Å². The zero-order chi connectivity index (χ0) is 14.6. The van der Waals surface area contributed by atoms with Crippen LogP contribution in [0.5, 0.6) is 5.75 Å². The van der Waals surface area contributed by atoms with Gasteiger partial charge in [0.05, 0.1) is 5.56 Å². The first-order chi connectivity index (χ1) is 8.70. The van der Waals surface area contributed by atoms with E-state index in [1.165, 1.54) is 6.07 Å². The topological polar surface area (TPSA) is 75.7 Å². The summed E-state index contributed by atoms with van der Waals surface area (Å²) in [6.07, 6.45) is -4.79. The SMILES string of the molecule is CC(=O)OCc1ccc(OS(=O)[O-])c(C(F)(F)F)c1. The van der Waals surface area contributed by atoms with E-state index < -0.39 is 34.8 Å². The van der Waals surface area contributed by atoms with Gasteiger partial charge in [0.25, 0.3) is 0 Å². The molecule has 0 bridgehead atoms. The number of hydrogen-bond acceptors (Lipinski definition) is 5. The fourth-order valence-corrected chi connectivity index (χ4v) is 1.51. The van der Waals surface area contributed by atoms with Crippen LogP contribution >= 0.6 is 0 Å². The number of rotatable bonds is 4. The van der Waals surface area contributed by atoms with Crippen molar-refractivity contribution in [3.63, 3.8) is 0 Å². The maximum atomic E-state index is 12.7. The Labute approximate surface area is 108 Å². The van der Waals surface area contributed by atoms with Crippen LogP contribution in [-0.2, 0) is 33.7 Å². The quantitative estimate of drug-likeness (QED) is 0.627. The lowest BCUT2D eigenvalue weighted by Crippen LogP contribution is -2.11. The van der Waals surface area contributed by atoms with Crippen LogP contribution in [0.1, 0.15) is 18.1 Å². The Morgan fingerprint density at radius 3 is 2.53 bits per heavy atom. The smallest absolute Gasteiger partial charge is 0.420 e. The average molecular weight is 297 g/mol. The van der Waals surface area contributed by atoms with Crippen LogP contribution in [0.2, 0.25) is 0 Å². The molecule has 106 valence electrons. The summed E-state index contributed by atoms with van der Waals surface area (Å²) < 4.78 is 67.2. The lowest BCUT2D eigenvalue weighted by Gasteiger charge is -2.15. The highest BCUT2D eigenvalue weighted by Crippen LogP contribution is 2.37. The second-order valence-corrected chi connectivity index (χ2v) is 3.97. The van der Waals surface area contributed by atoms with Crippen LogP contribution in [0.15, 0.2) is 18.2 Å². The molecule has 0 N–H and O–H groups in total. The summed E-state index contributed by atoms with van der Waals surface area (Å²) >= 11 is -3.11. The van der Waals surface area contributed by atoms with Gasteiger partial charge < -0.3 is 13.5 Å². The van der Waals surface area contributed by atoms with Gasteiger partial charge in [-0.2, -0.15) is 13.2 Å². The minimum absolute atomic E-state index is 0.0616. The van der Waals surface area contributed by atoms with Crippen molar-refractivity contribution < 1.29 is 35.6 Å². The highest BCUT2D eigenvalue weighted by Gasteiger charge is 2.35.